The van der Waals surface area contributed by atoms with Crippen molar-refractivity contribution in [2.75, 3.05) is 7.11 Å². The van der Waals surface area contributed by atoms with E-state index in [1.807, 2.05) is 57.9 Å². The zero-order valence-electron chi connectivity index (χ0n) is 19.3. The summed E-state index contributed by atoms with van der Waals surface area (Å²) in [5.41, 5.74) is 6.76. The average molecular weight is 439 g/mol. The van der Waals surface area contributed by atoms with Gasteiger partial charge in [0.15, 0.2) is 0 Å². The van der Waals surface area contributed by atoms with E-state index in [-0.39, 0.29) is 11.5 Å². The number of rotatable bonds is 4. The number of fused-ring (bicyclic) bond motifs is 1. The van der Waals surface area contributed by atoms with Crippen molar-refractivity contribution in [2.24, 2.45) is 0 Å². The van der Waals surface area contributed by atoms with Gasteiger partial charge in [0.2, 0.25) is 0 Å². The van der Waals surface area contributed by atoms with E-state index in [4.69, 9.17) is 9.84 Å². The van der Waals surface area contributed by atoms with E-state index in [0.717, 1.165) is 46.9 Å². The topological polar surface area (TPSA) is 81.5 Å². The molecule has 0 saturated heterocycles. The lowest BCUT2D eigenvalue weighted by atomic mass is 9.93. The first-order chi connectivity index (χ1) is 15.9. The lowest BCUT2D eigenvalue weighted by Gasteiger charge is -2.15. The maximum atomic E-state index is 9.24. The Morgan fingerprint density at radius 1 is 1.06 bits per heavy atom. The fraction of sp³-hybridized carbons (Fsp3) is 0.308. The van der Waals surface area contributed by atoms with Crippen LogP contribution in [0.15, 0.2) is 54.7 Å². The fourth-order valence-electron chi connectivity index (χ4n) is 4.37. The quantitative estimate of drug-likeness (QED) is 0.463. The Hall–Kier alpha value is -3.92. The van der Waals surface area contributed by atoms with E-state index < -0.39 is 0 Å². The molecule has 2 aromatic heterocycles. The first kappa shape index (κ1) is 21.0. The van der Waals surface area contributed by atoms with Crippen molar-refractivity contribution in [1.29, 1.82) is 5.26 Å². The van der Waals surface area contributed by atoms with Crippen molar-refractivity contribution in [1.82, 2.24) is 24.8 Å². The molecule has 1 aliphatic carbocycles. The lowest BCUT2D eigenvalue weighted by Crippen LogP contribution is -2.13. The van der Waals surface area contributed by atoms with Gasteiger partial charge in [0.1, 0.15) is 11.4 Å². The number of para-hydroxylation sites is 2. The number of methoxy groups -OCH3 is 1. The summed E-state index contributed by atoms with van der Waals surface area (Å²) in [6.45, 7) is 6.43. The highest BCUT2D eigenvalue weighted by Crippen LogP contribution is 2.39. The maximum Gasteiger partial charge on any atom is 0.144 e. The Morgan fingerprint density at radius 3 is 2.48 bits per heavy atom. The van der Waals surface area contributed by atoms with Crippen molar-refractivity contribution < 1.29 is 4.74 Å². The van der Waals surface area contributed by atoms with Crippen LogP contribution in [-0.4, -0.2) is 31.9 Å². The summed E-state index contributed by atoms with van der Waals surface area (Å²) in [6, 6.07) is 17.9. The van der Waals surface area contributed by atoms with Crippen LogP contribution < -0.4 is 4.74 Å². The molecule has 0 radical (unpaired) electrons. The molecule has 1 atom stereocenters. The minimum absolute atomic E-state index is 0.0438. The molecule has 0 amide bonds. The third kappa shape index (κ3) is 3.68. The summed E-state index contributed by atoms with van der Waals surface area (Å²) in [6.07, 6.45) is 3.66. The van der Waals surface area contributed by atoms with Crippen molar-refractivity contribution >= 4 is 0 Å². The van der Waals surface area contributed by atoms with E-state index in [1.54, 1.807) is 7.11 Å². The normalized spacial score (nSPS) is 15.3. The molecule has 0 aliphatic heterocycles. The van der Waals surface area contributed by atoms with Crippen molar-refractivity contribution in [3.8, 4) is 28.8 Å². The van der Waals surface area contributed by atoms with Gasteiger partial charge >= 0.3 is 0 Å². The molecule has 4 aromatic rings. The number of benzene rings is 2. The van der Waals surface area contributed by atoms with Gasteiger partial charge in [0, 0.05) is 29.2 Å². The highest BCUT2D eigenvalue weighted by atomic mass is 16.5. The van der Waals surface area contributed by atoms with Crippen LogP contribution in [0.1, 0.15) is 49.3 Å². The number of hydrogen-bond donors (Lipinski definition) is 0. The molecule has 0 N–H and O–H groups in total. The molecule has 7 heteroatoms. The predicted molar refractivity (Wildman–Crippen MR) is 125 cm³/mol. The third-order valence-corrected chi connectivity index (χ3v) is 6.19. The second-order valence-corrected chi connectivity index (χ2v) is 9.44. The van der Waals surface area contributed by atoms with Crippen LogP contribution in [-0.2, 0) is 18.3 Å². The number of ether oxygens (including phenoxy) is 1. The molecule has 0 unspecified atom stereocenters. The standard InChI is InChI=1S/C26H26N6O/c1-26(2,3)24-16-31(30-28-24)19-13-20-21(14-19)29-32(22-7-5-6-8-23(22)33-4)25(20)18-11-9-17(15-27)10-12-18/h5-12,16,19H,13-14H2,1-4H3/t19-/m0/s1. The van der Waals surface area contributed by atoms with E-state index in [1.165, 1.54) is 5.56 Å². The Kier molecular flexibility index (Phi) is 5.01. The summed E-state index contributed by atoms with van der Waals surface area (Å²) in [5.74, 6) is 0.760. The average Bonchev–Trinajstić information content (AvgIpc) is 3.53. The van der Waals surface area contributed by atoms with Crippen LogP contribution in [0.2, 0.25) is 0 Å². The molecule has 1 aliphatic rings. The van der Waals surface area contributed by atoms with Gasteiger partial charge in [-0.2, -0.15) is 10.4 Å². The number of nitrogens with zero attached hydrogens (tertiary/aromatic N) is 6. The Morgan fingerprint density at radius 2 is 1.82 bits per heavy atom. The van der Waals surface area contributed by atoms with Crippen LogP contribution in [0.25, 0.3) is 16.9 Å². The fourth-order valence-corrected chi connectivity index (χ4v) is 4.37. The van der Waals surface area contributed by atoms with Gasteiger partial charge in [-0.25, -0.2) is 9.36 Å². The molecule has 5 rings (SSSR count). The molecule has 0 fully saturated rings. The summed E-state index contributed by atoms with van der Waals surface area (Å²) in [5, 5.41) is 23.1. The number of nitriles is 1. The highest BCUT2D eigenvalue weighted by molar-refractivity contribution is 5.70. The molecular formula is C26H26N6O. The number of hydrogen-bond acceptors (Lipinski definition) is 5. The van der Waals surface area contributed by atoms with Crippen LogP contribution in [0.4, 0.5) is 0 Å². The van der Waals surface area contributed by atoms with Gasteiger partial charge in [-0.05, 0) is 30.7 Å². The highest BCUT2D eigenvalue weighted by Gasteiger charge is 2.33. The lowest BCUT2D eigenvalue weighted by molar-refractivity contribution is 0.411. The SMILES string of the molecule is COc1ccccc1-n1nc2c(c1-c1ccc(C#N)cc1)C[C@H](n1cc(C(C)(C)C)nn1)C2. The minimum atomic E-state index is -0.0438. The smallest absolute Gasteiger partial charge is 0.144 e. The molecule has 7 nitrogen and oxygen atoms in total. The summed E-state index contributed by atoms with van der Waals surface area (Å²) >= 11 is 0. The summed E-state index contributed by atoms with van der Waals surface area (Å²) in [4.78, 5) is 0. The zero-order valence-corrected chi connectivity index (χ0v) is 19.3. The summed E-state index contributed by atoms with van der Waals surface area (Å²) < 4.78 is 9.59. The van der Waals surface area contributed by atoms with E-state index >= 15 is 0 Å². The molecular weight excluding hydrogens is 412 g/mol. The molecule has 166 valence electrons. The monoisotopic (exact) mass is 438 g/mol. The van der Waals surface area contributed by atoms with Gasteiger partial charge in [-0.1, -0.05) is 50.3 Å². The van der Waals surface area contributed by atoms with Gasteiger partial charge in [0.25, 0.3) is 0 Å². The maximum absolute atomic E-state index is 9.24. The molecule has 0 saturated carbocycles. The van der Waals surface area contributed by atoms with Crippen LogP contribution in [0.5, 0.6) is 5.75 Å². The first-order valence-corrected chi connectivity index (χ1v) is 11.1. The second-order valence-electron chi connectivity index (χ2n) is 9.44. The molecule has 2 heterocycles. The Bertz CT molecular complexity index is 1350. The van der Waals surface area contributed by atoms with Crippen molar-refractivity contribution in [3.05, 3.63) is 77.2 Å². The Labute approximate surface area is 193 Å². The van der Waals surface area contributed by atoms with Crippen LogP contribution >= 0.6 is 0 Å². The van der Waals surface area contributed by atoms with Crippen LogP contribution in [0.3, 0.4) is 0 Å². The largest absolute Gasteiger partial charge is 0.494 e. The Balaban J connectivity index is 1.60. The van der Waals surface area contributed by atoms with Gasteiger partial charge in [0.05, 0.1) is 41.9 Å². The van der Waals surface area contributed by atoms with Crippen LogP contribution in [0, 0.1) is 11.3 Å². The minimum Gasteiger partial charge on any atom is -0.494 e. The van der Waals surface area contributed by atoms with E-state index in [9.17, 15) is 5.26 Å². The van der Waals surface area contributed by atoms with E-state index in [2.05, 4.69) is 43.3 Å². The van der Waals surface area contributed by atoms with Gasteiger partial charge in [-0.3, -0.25) is 0 Å². The third-order valence-electron chi connectivity index (χ3n) is 6.19. The van der Waals surface area contributed by atoms with Gasteiger partial charge in [-0.15, -0.1) is 5.10 Å². The van der Waals surface area contributed by atoms with Crippen molar-refractivity contribution in [3.63, 3.8) is 0 Å². The molecule has 33 heavy (non-hydrogen) atoms. The van der Waals surface area contributed by atoms with E-state index in [0.29, 0.717) is 5.56 Å². The predicted octanol–water partition coefficient (Wildman–Crippen LogP) is 4.65. The van der Waals surface area contributed by atoms with Gasteiger partial charge < -0.3 is 4.74 Å². The summed E-state index contributed by atoms with van der Waals surface area (Å²) in [7, 11) is 1.67. The van der Waals surface area contributed by atoms with Crippen molar-refractivity contribution in [2.45, 2.75) is 45.1 Å². The molecule has 2 aromatic carbocycles. The zero-order chi connectivity index (χ0) is 23.2. The second kappa shape index (κ2) is 7.89. The number of aromatic nitrogens is 5. The molecule has 0 bridgehead atoms. The molecule has 0 spiro atoms. The first-order valence-electron chi connectivity index (χ1n) is 11.1.